The van der Waals surface area contributed by atoms with Gasteiger partial charge in [0.1, 0.15) is 0 Å². The number of halogens is 1. The Kier molecular flexibility index (Phi) is 7.45. The smallest absolute Gasteiger partial charge is 0.339 e. The lowest BCUT2D eigenvalue weighted by Crippen LogP contribution is -2.30. The molecule has 1 aromatic heterocycles. The van der Waals surface area contributed by atoms with Crippen LogP contribution in [0, 0.1) is 22.0 Å². The third-order valence-electron chi connectivity index (χ3n) is 8.01. The van der Waals surface area contributed by atoms with Crippen molar-refractivity contribution in [2.75, 3.05) is 11.5 Å². The predicted molar refractivity (Wildman–Crippen MR) is 158 cm³/mol. The highest BCUT2D eigenvalue weighted by atomic mass is 35.5. The number of pyridine rings is 1. The maximum absolute atomic E-state index is 13.2. The first-order chi connectivity index (χ1) is 20.7. The quantitative estimate of drug-likeness (QED) is 0.0809. The Morgan fingerprint density at radius 1 is 0.953 bits per heavy atom. The zero-order valence-electron chi connectivity index (χ0n) is 22.7. The van der Waals surface area contributed by atoms with Crippen LogP contribution in [0.25, 0.3) is 22.2 Å². The number of ether oxygens (including phenoxy) is 1. The van der Waals surface area contributed by atoms with Gasteiger partial charge in [0, 0.05) is 28.6 Å². The van der Waals surface area contributed by atoms with Gasteiger partial charge in [0.25, 0.3) is 5.69 Å². The number of nitrogens with zero attached hydrogens (tertiary/aromatic N) is 3. The van der Waals surface area contributed by atoms with Crippen LogP contribution in [-0.4, -0.2) is 40.1 Å². The molecule has 2 atom stereocenters. The second-order valence-electron chi connectivity index (χ2n) is 10.6. The van der Waals surface area contributed by atoms with Crippen LogP contribution in [-0.2, 0) is 14.3 Å². The lowest BCUT2D eigenvalue weighted by Gasteiger charge is -2.19. The normalized spacial score (nSPS) is 18.0. The van der Waals surface area contributed by atoms with Crippen molar-refractivity contribution in [1.82, 2.24) is 4.98 Å². The Balaban J connectivity index is 1.26. The molecular formula is C32H24ClN3O7. The third kappa shape index (κ3) is 5.25. The summed E-state index contributed by atoms with van der Waals surface area (Å²) in [5.74, 6) is -2.14. The average Bonchev–Trinajstić information content (AvgIpc) is 3.28. The standard InChI is InChI=1S/C32H24ClN3O7/c33-26-7-3-6-22-25(32(40)43-17-28(37)19-10-14-21(15-11-19)36(41)42)16-27(34-29(22)26)18-8-12-20(13-9-18)35-30(38)23-4-1-2-5-24(23)31(35)39/h3,6-16,23-24H,1-2,4-5,17H2. The molecule has 4 aromatic rings. The number of amides is 2. The summed E-state index contributed by atoms with van der Waals surface area (Å²) in [5.41, 5.74) is 1.98. The second kappa shape index (κ2) is 11.4. The van der Waals surface area contributed by atoms with Gasteiger partial charge in [0.05, 0.1) is 44.2 Å². The predicted octanol–water partition coefficient (Wildman–Crippen LogP) is 6.18. The van der Waals surface area contributed by atoms with E-state index in [0.717, 1.165) is 25.7 Å². The van der Waals surface area contributed by atoms with E-state index in [0.29, 0.717) is 32.9 Å². The summed E-state index contributed by atoms with van der Waals surface area (Å²) in [6, 6.07) is 18.3. The van der Waals surface area contributed by atoms with E-state index in [1.165, 1.54) is 35.2 Å². The zero-order valence-corrected chi connectivity index (χ0v) is 23.5. The van der Waals surface area contributed by atoms with Crippen molar-refractivity contribution in [3.8, 4) is 11.3 Å². The van der Waals surface area contributed by atoms with Crippen LogP contribution < -0.4 is 4.90 Å². The Hall–Kier alpha value is -4.96. The summed E-state index contributed by atoms with van der Waals surface area (Å²) >= 11 is 6.44. The molecule has 0 N–H and O–H groups in total. The van der Waals surface area contributed by atoms with Crippen molar-refractivity contribution in [3.05, 3.63) is 99.1 Å². The van der Waals surface area contributed by atoms with Gasteiger partial charge < -0.3 is 4.74 Å². The fourth-order valence-electron chi connectivity index (χ4n) is 5.79. The van der Waals surface area contributed by atoms with Crippen LogP contribution in [0.1, 0.15) is 46.4 Å². The maximum atomic E-state index is 13.2. The molecule has 2 unspecified atom stereocenters. The molecule has 43 heavy (non-hydrogen) atoms. The number of ketones is 1. The molecule has 216 valence electrons. The van der Waals surface area contributed by atoms with E-state index in [1.54, 1.807) is 42.5 Å². The number of esters is 1. The Labute approximate surface area is 250 Å². The van der Waals surface area contributed by atoms with Crippen molar-refractivity contribution < 1.29 is 28.8 Å². The summed E-state index contributed by atoms with van der Waals surface area (Å²) < 4.78 is 5.34. The highest BCUT2D eigenvalue weighted by Gasteiger charge is 2.48. The van der Waals surface area contributed by atoms with Crippen molar-refractivity contribution in [1.29, 1.82) is 0 Å². The number of rotatable bonds is 7. The van der Waals surface area contributed by atoms with E-state index in [1.807, 2.05) is 0 Å². The number of non-ortho nitro benzene ring substituents is 1. The Morgan fingerprint density at radius 2 is 1.60 bits per heavy atom. The summed E-state index contributed by atoms with van der Waals surface area (Å²) in [4.78, 5) is 68.1. The van der Waals surface area contributed by atoms with Gasteiger partial charge in [-0.1, -0.05) is 48.7 Å². The molecule has 1 aliphatic carbocycles. The molecule has 1 saturated carbocycles. The lowest BCUT2D eigenvalue weighted by atomic mass is 9.81. The molecule has 10 nitrogen and oxygen atoms in total. The fourth-order valence-corrected chi connectivity index (χ4v) is 6.01. The summed E-state index contributed by atoms with van der Waals surface area (Å²) in [5, 5.41) is 11.6. The molecule has 3 aromatic carbocycles. The van der Waals surface area contributed by atoms with Crippen LogP contribution >= 0.6 is 11.6 Å². The van der Waals surface area contributed by atoms with E-state index in [2.05, 4.69) is 4.98 Å². The monoisotopic (exact) mass is 597 g/mol. The number of anilines is 1. The van der Waals surface area contributed by atoms with Crippen molar-refractivity contribution in [2.24, 2.45) is 11.8 Å². The number of aromatic nitrogens is 1. The number of hydrogen-bond acceptors (Lipinski definition) is 8. The first-order valence-corrected chi connectivity index (χ1v) is 14.1. The number of carbonyl (C=O) groups excluding carboxylic acids is 4. The first kappa shape index (κ1) is 28.2. The van der Waals surface area contributed by atoms with E-state index in [-0.39, 0.29) is 40.5 Å². The summed E-state index contributed by atoms with van der Waals surface area (Å²) in [6.45, 7) is -0.578. The van der Waals surface area contributed by atoms with Gasteiger partial charge in [0.15, 0.2) is 12.4 Å². The van der Waals surface area contributed by atoms with E-state index < -0.39 is 23.3 Å². The highest BCUT2D eigenvalue weighted by Crippen LogP contribution is 2.40. The number of benzene rings is 3. The van der Waals surface area contributed by atoms with Crippen molar-refractivity contribution >= 4 is 57.4 Å². The molecular weight excluding hydrogens is 574 g/mol. The van der Waals surface area contributed by atoms with Gasteiger partial charge in [0.2, 0.25) is 11.8 Å². The number of hydrogen-bond donors (Lipinski definition) is 0. The number of para-hydroxylation sites is 1. The molecule has 0 bridgehead atoms. The molecule has 11 heteroatoms. The topological polar surface area (TPSA) is 137 Å². The zero-order chi connectivity index (χ0) is 30.2. The van der Waals surface area contributed by atoms with Gasteiger partial charge in [-0.15, -0.1) is 0 Å². The minimum atomic E-state index is -0.779. The largest absolute Gasteiger partial charge is 0.454 e. The van der Waals surface area contributed by atoms with E-state index in [4.69, 9.17) is 16.3 Å². The number of imide groups is 1. The Bertz CT molecular complexity index is 1780. The Morgan fingerprint density at radius 3 is 2.23 bits per heavy atom. The van der Waals surface area contributed by atoms with Gasteiger partial charge >= 0.3 is 5.97 Å². The minimum Gasteiger partial charge on any atom is -0.454 e. The molecule has 1 saturated heterocycles. The van der Waals surface area contributed by atoms with Crippen LogP contribution in [0.5, 0.6) is 0 Å². The SMILES string of the molecule is O=C(COC(=O)c1cc(-c2ccc(N3C(=O)C4CCCCC4C3=O)cc2)nc2c(Cl)cccc12)c1ccc([N+](=O)[O-])cc1. The van der Waals surface area contributed by atoms with Crippen LogP contribution in [0.15, 0.2) is 72.8 Å². The molecule has 1 aliphatic heterocycles. The van der Waals surface area contributed by atoms with E-state index in [9.17, 15) is 29.3 Å². The highest BCUT2D eigenvalue weighted by molar-refractivity contribution is 6.35. The lowest BCUT2D eigenvalue weighted by molar-refractivity contribution is -0.384. The molecule has 2 amide bonds. The molecule has 2 aliphatic rings. The van der Waals surface area contributed by atoms with Gasteiger partial charge in [-0.25, -0.2) is 9.78 Å². The molecule has 2 fully saturated rings. The average molecular weight is 598 g/mol. The number of Topliss-reactive ketones (excluding diaryl/α,β-unsaturated/α-hetero) is 1. The summed E-state index contributed by atoms with van der Waals surface area (Å²) in [6.07, 6.45) is 3.34. The number of fused-ring (bicyclic) bond motifs is 2. The number of carbonyl (C=O) groups is 4. The van der Waals surface area contributed by atoms with Crippen LogP contribution in [0.3, 0.4) is 0 Å². The second-order valence-corrected chi connectivity index (χ2v) is 11.0. The molecule has 0 radical (unpaired) electrons. The maximum Gasteiger partial charge on any atom is 0.339 e. The number of nitro groups is 1. The van der Waals surface area contributed by atoms with Gasteiger partial charge in [-0.3, -0.25) is 29.4 Å². The van der Waals surface area contributed by atoms with Crippen LogP contribution in [0.2, 0.25) is 5.02 Å². The first-order valence-electron chi connectivity index (χ1n) is 13.7. The van der Waals surface area contributed by atoms with Gasteiger partial charge in [-0.2, -0.15) is 0 Å². The minimum absolute atomic E-state index is 0.136. The van der Waals surface area contributed by atoms with Crippen molar-refractivity contribution in [2.45, 2.75) is 25.7 Å². The summed E-state index contributed by atoms with van der Waals surface area (Å²) in [7, 11) is 0. The molecule has 0 spiro atoms. The molecule has 6 rings (SSSR count). The van der Waals surface area contributed by atoms with Crippen LogP contribution in [0.4, 0.5) is 11.4 Å². The molecule has 2 heterocycles. The fraction of sp³-hybridized carbons (Fsp3) is 0.219. The van der Waals surface area contributed by atoms with Gasteiger partial charge in [-0.05, 0) is 49.2 Å². The number of nitro benzene ring substituents is 1. The third-order valence-corrected chi connectivity index (χ3v) is 8.31. The van der Waals surface area contributed by atoms with E-state index >= 15 is 0 Å². The van der Waals surface area contributed by atoms with Crippen molar-refractivity contribution in [3.63, 3.8) is 0 Å².